The van der Waals surface area contributed by atoms with Gasteiger partial charge in [-0.2, -0.15) is 18.3 Å². The van der Waals surface area contributed by atoms with Gasteiger partial charge >= 0.3 is 6.18 Å². The standard InChI is InChI=1S/C27H21F3N4O2/c1-33-14-21-20-12-15(26(36)31-22-13-24(35)19-5-3-2-4-18(19)22)6-11-23(20)34(25(21)32-33)17-9-7-16(8-10-17)27(28,29)30/h2-12,14,22,24,35H,13H2,1H3,(H,31,36)/t22-,24+/m1/s1. The predicted octanol–water partition coefficient (Wildman–Crippen LogP) is 5.44. The molecular formula is C27H21F3N4O2. The smallest absolute Gasteiger partial charge is 0.388 e. The van der Waals surface area contributed by atoms with E-state index in [0.29, 0.717) is 23.3 Å². The summed E-state index contributed by atoms with van der Waals surface area (Å²) < 4.78 is 42.6. The molecule has 6 rings (SSSR count). The lowest BCUT2D eigenvalue weighted by Crippen LogP contribution is -2.27. The third-order valence-corrected chi connectivity index (χ3v) is 6.76. The second kappa shape index (κ2) is 7.96. The van der Waals surface area contributed by atoms with Crippen LogP contribution >= 0.6 is 0 Å². The summed E-state index contributed by atoms with van der Waals surface area (Å²) in [5.41, 5.74) is 3.29. The van der Waals surface area contributed by atoms with E-state index in [2.05, 4.69) is 10.4 Å². The largest absolute Gasteiger partial charge is 0.416 e. The SMILES string of the molecule is Cn1cc2c3cc(C(=O)N[C@@H]4C[C@H](O)c5ccccc54)ccc3n(-c3ccc(C(F)(F)F)cc3)c2n1. The predicted molar refractivity (Wildman–Crippen MR) is 129 cm³/mol. The fraction of sp³-hybridized carbons (Fsp3) is 0.185. The fourth-order valence-corrected chi connectivity index (χ4v) is 5.08. The number of carbonyl (C=O) groups excluding carboxylic acids is 1. The molecule has 5 aromatic rings. The summed E-state index contributed by atoms with van der Waals surface area (Å²) in [4.78, 5) is 13.2. The van der Waals surface area contributed by atoms with Gasteiger partial charge in [0.2, 0.25) is 0 Å². The number of fused-ring (bicyclic) bond motifs is 4. The van der Waals surface area contributed by atoms with Crippen molar-refractivity contribution in [3.05, 3.63) is 95.2 Å². The molecular weight excluding hydrogens is 469 g/mol. The van der Waals surface area contributed by atoms with E-state index in [1.54, 1.807) is 34.5 Å². The third-order valence-electron chi connectivity index (χ3n) is 6.76. The first-order valence-corrected chi connectivity index (χ1v) is 11.4. The molecule has 0 unspecified atom stereocenters. The van der Waals surface area contributed by atoms with E-state index in [4.69, 9.17) is 0 Å². The molecule has 1 aliphatic carbocycles. The van der Waals surface area contributed by atoms with Gasteiger partial charge in [0.1, 0.15) is 0 Å². The summed E-state index contributed by atoms with van der Waals surface area (Å²) in [6.07, 6.45) is -2.81. The Labute approximate surface area is 203 Å². The van der Waals surface area contributed by atoms with Crippen LogP contribution in [0.1, 0.15) is 45.6 Å². The van der Waals surface area contributed by atoms with E-state index in [0.717, 1.165) is 39.5 Å². The Hall–Kier alpha value is -4.11. The molecule has 0 fully saturated rings. The number of aromatic nitrogens is 3. The van der Waals surface area contributed by atoms with Crippen LogP contribution in [0, 0.1) is 0 Å². The molecule has 36 heavy (non-hydrogen) atoms. The van der Waals surface area contributed by atoms with Gasteiger partial charge < -0.3 is 10.4 Å². The average Bonchev–Trinajstić information content (AvgIpc) is 3.47. The van der Waals surface area contributed by atoms with Crippen molar-refractivity contribution in [2.45, 2.75) is 24.7 Å². The minimum atomic E-state index is -4.42. The second-order valence-corrected chi connectivity index (χ2v) is 9.06. The summed E-state index contributed by atoms with van der Waals surface area (Å²) in [6.45, 7) is 0. The molecule has 0 radical (unpaired) electrons. The monoisotopic (exact) mass is 490 g/mol. The molecule has 6 nitrogen and oxygen atoms in total. The average molecular weight is 490 g/mol. The summed E-state index contributed by atoms with van der Waals surface area (Å²) in [7, 11) is 1.77. The first-order valence-electron chi connectivity index (χ1n) is 11.4. The maximum Gasteiger partial charge on any atom is 0.416 e. The van der Waals surface area contributed by atoms with Gasteiger partial charge in [0.05, 0.1) is 23.2 Å². The first-order chi connectivity index (χ1) is 17.2. The number of hydrogen-bond donors (Lipinski definition) is 2. The lowest BCUT2D eigenvalue weighted by Gasteiger charge is -2.14. The van der Waals surface area contributed by atoms with Gasteiger partial charge in [0.25, 0.3) is 5.91 Å². The maximum absolute atomic E-state index is 13.2. The number of aliphatic hydroxyl groups excluding tert-OH is 1. The number of nitrogens with one attached hydrogen (secondary N) is 1. The highest BCUT2D eigenvalue weighted by Gasteiger charge is 2.31. The second-order valence-electron chi connectivity index (χ2n) is 9.06. The maximum atomic E-state index is 13.2. The quantitative estimate of drug-likeness (QED) is 0.354. The number of alkyl halides is 3. The minimum Gasteiger partial charge on any atom is -0.388 e. The van der Waals surface area contributed by atoms with Crippen LogP contribution in [0.5, 0.6) is 0 Å². The molecule has 1 aliphatic rings. The Kier molecular flexibility index (Phi) is 4.94. The van der Waals surface area contributed by atoms with Crippen LogP contribution in [0.15, 0.2) is 72.9 Å². The van der Waals surface area contributed by atoms with Gasteiger partial charge in [-0.05, 0) is 53.6 Å². The number of nitrogens with zero attached hydrogens (tertiary/aromatic N) is 3. The third kappa shape index (κ3) is 3.54. The molecule has 2 aromatic heterocycles. The highest BCUT2D eigenvalue weighted by Crippen LogP contribution is 2.39. The van der Waals surface area contributed by atoms with E-state index < -0.39 is 17.8 Å². The minimum absolute atomic E-state index is 0.273. The van der Waals surface area contributed by atoms with Crippen LogP contribution in [0.2, 0.25) is 0 Å². The normalized spacial score (nSPS) is 17.6. The molecule has 0 bridgehead atoms. The fourth-order valence-electron chi connectivity index (χ4n) is 5.08. The molecule has 2 heterocycles. The van der Waals surface area contributed by atoms with Crippen LogP contribution in [-0.2, 0) is 13.2 Å². The number of amides is 1. The van der Waals surface area contributed by atoms with Crippen LogP contribution in [-0.4, -0.2) is 25.4 Å². The number of hydrogen-bond acceptors (Lipinski definition) is 3. The van der Waals surface area contributed by atoms with E-state index >= 15 is 0 Å². The zero-order valence-corrected chi connectivity index (χ0v) is 19.1. The van der Waals surface area contributed by atoms with Crippen LogP contribution in [0.3, 0.4) is 0 Å². The van der Waals surface area contributed by atoms with Crippen molar-refractivity contribution in [2.75, 3.05) is 0 Å². The molecule has 182 valence electrons. The number of benzene rings is 3. The summed E-state index contributed by atoms with van der Waals surface area (Å²) >= 11 is 0. The number of rotatable bonds is 3. The van der Waals surface area contributed by atoms with Crippen molar-refractivity contribution in [3.8, 4) is 5.69 Å². The van der Waals surface area contributed by atoms with Gasteiger partial charge in [0.15, 0.2) is 5.65 Å². The van der Waals surface area contributed by atoms with E-state index in [1.165, 1.54) is 12.1 Å². The Bertz CT molecular complexity index is 1630. The molecule has 9 heteroatoms. The molecule has 0 saturated carbocycles. The van der Waals surface area contributed by atoms with Gasteiger partial charge in [-0.3, -0.25) is 14.0 Å². The van der Waals surface area contributed by atoms with Crippen LogP contribution in [0.4, 0.5) is 13.2 Å². The lowest BCUT2D eigenvalue weighted by atomic mass is 10.1. The topological polar surface area (TPSA) is 72.1 Å². The van der Waals surface area contributed by atoms with Crippen molar-refractivity contribution in [3.63, 3.8) is 0 Å². The number of aryl methyl sites for hydroxylation is 1. The first kappa shape index (κ1) is 22.4. The Balaban J connectivity index is 1.39. The number of aliphatic hydroxyl groups is 1. The van der Waals surface area contributed by atoms with E-state index in [-0.39, 0.29) is 11.9 Å². The molecule has 1 amide bonds. The Morgan fingerprint density at radius 3 is 2.47 bits per heavy atom. The number of halogens is 3. The zero-order valence-electron chi connectivity index (χ0n) is 19.1. The number of carbonyl (C=O) groups is 1. The van der Waals surface area contributed by atoms with Crippen LogP contribution < -0.4 is 5.32 Å². The lowest BCUT2D eigenvalue weighted by molar-refractivity contribution is -0.137. The van der Waals surface area contributed by atoms with E-state index in [9.17, 15) is 23.1 Å². The van der Waals surface area contributed by atoms with Crippen LogP contribution in [0.25, 0.3) is 27.6 Å². The molecule has 0 aliphatic heterocycles. The van der Waals surface area contributed by atoms with Crippen molar-refractivity contribution in [1.82, 2.24) is 19.7 Å². The molecule has 0 saturated heterocycles. The van der Waals surface area contributed by atoms with Crippen molar-refractivity contribution >= 4 is 27.8 Å². The summed E-state index contributed by atoms with van der Waals surface area (Å²) in [5, 5.41) is 19.4. The summed E-state index contributed by atoms with van der Waals surface area (Å²) in [5.74, 6) is -0.273. The van der Waals surface area contributed by atoms with Gasteiger partial charge in [-0.1, -0.05) is 24.3 Å². The summed E-state index contributed by atoms with van der Waals surface area (Å²) in [6, 6.07) is 17.4. The van der Waals surface area contributed by atoms with Crippen molar-refractivity contribution in [1.29, 1.82) is 0 Å². The molecule has 0 spiro atoms. The Morgan fingerprint density at radius 1 is 1.03 bits per heavy atom. The van der Waals surface area contributed by atoms with E-state index in [1.807, 2.05) is 30.5 Å². The highest BCUT2D eigenvalue weighted by molar-refractivity contribution is 6.10. The molecule has 2 atom stereocenters. The molecule has 2 N–H and O–H groups in total. The van der Waals surface area contributed by atoms with Crippen molar-refractivity contribution in [2.24, 2.45) is 7.05 Å². The van der Waals surface area contributed by atoms with Gasteiger partial charge in [-0.25, -0.2) is 0 Å². The van der Waals surface area contributed by atoms with Gasteiger partial charge in [-0.15, -0.1) is 0 Å². The molecule has 3 aromatic carbocycles. The van der Waals surface area contributed by atoms with Gasteiger partial charge in [0, 0.05) is 41.7 Å². The Morgan fingerprint density at radius 2 is 1.75 bits per heavy atom. The highest BCUT2D eigenvalue weighted by atomic mass is 19.4. The zero-order chi connectivity index (χ0) is 25.2. The van der Waals surface area contributed by atoms with Crippen molar-refractivity contribution < 1.29 is 23.1 Å².